The van der Waals surface area contributed by atoms with Crippen LogP contribution in [0.25, 0.3) is 56.1 Å². The highest BCUT2D eigenvalue weighted by Crippen LogP contribution is 2.36. The Morgan fingerprint density at radius 2 is 1.31 bits per heavy atom. The van der Waals surface area contributed by atoms with Crippen molar-refractivity contribution >= 4 is 16.7 Å². The minimum Gasteiger partial charge on any atom is -0.435 e. The Morgan fingerprint density at radius 1 is 0.667 bits per heavy atom. The molecule has 6 aromatic rings. The van der Waals surface area contributed by atoms with E-state index in [0.717, 1.165) is 57.9 Å². The van der Waals surface area contributed by atoms with Crippen molar-refractivity contribution in [1.82, 2.24) is 4.98 Å². The molecule has 0 aliphatic carbocycles. The van der Waals surface area contributed by atoms with Gasteiger partial charge in [-0.1, -0.05) is 72.8 Å². The fourth-order valence-electron chi connectivity index (χ4n) is 4.90. The maximum Gasteiger partial charge on any atom is 0.344 e. The molecule has 0 radical (unpaired) electrons. The lowest BCUT2D eigenvalue weighted by atomic mass is 10.0. The molecule has 39 heavy (non-hydrogen) atoms. The second kappa shape index (κ2) is 10.5. The minimum atomic E-state index is -0.360. The van der Waals surface area contributed by atoms with E-state index in [9.17, 15) is 4.79 Å². The molecule has 192 valence electrons. The van der Waals surface area contributed by atoms with Crippen LogP contribution in [0.15, 0.2) is 123 Å². The molecular formula is C34H28N2O3. The van der Waals surface area contributed by atoms with Gasteiger partial charge in [-0.25, -0.2) is 9.78 Å². The molecular weight excluding hydrogens is 484 g/mol. The molecule has 0 aliphatic heterocycles. The highest BCUT2D eigenvalue weighted by atomic mass is 16.4. The Bertz CT molecular complexity index is 1730. The molecule has 0 spiro atoms. The van der Waals surface area contributed by atoms with E-state index in [1.54, 1.807) is 0 Å². The zero-order chi connectivity index (χ0) is 26.8. The maximum absolute atomic E-state index is 13.0. The Balaban J connectivity index is 1.36. The first-order chi connectivity index (χ1) is 19.1. The van der Waals surface area contributed by atoms with Gasteiger partial charge in [0.2, 0.25) is 5.89 Å². The SMILES string of the molecule is CCN(CC)c1ccc2cc(-c3ccc(-c4nc(-c5ccccc5)c(-c5ccccc5)o4)cc3)c(=O)oc2c1. The van der Waals surface area contributed by atoms with Crippen LogP contribution in [0.2, 0.25) is 0 Å². The lowest BCUT2D eigenvalue weighted by molar-refractivity contribution is 0.563. The van der Waals surface area contributed by atoms with Gasteiger partial charge in [0.1, 0.15) is 11.3 Å². The Hall–Kier alpha value is -4.90. The molecule has 0 amide bonds. The van der Waals surface area contributed by atoms with E-state index in [1.807, 2.05) is 103 Å². The highest BCUT2D eigenvalue weighted by molar-refractivity contribution is 5.85. The van der Waals surface area contributed by atoms with Crippen LogP contribution in [-0.2, 0) is 0 Å². The zero-order valence-electron chi connectivity index (χ0n) is 21.9. The van der Waals surface area contributed by atoms with E-state index in [-0.39, 0.29) is 5.63 Å². The molecule has 0 bridgehead atoms. The molecule has 6 rings (SSSR count). The summed E-state index contributed by atoms with van der Waals surface area (Å²) < 4.78 is 12.1. The fourth-order valence-corrected chi connectivity index (χ4v) is 4.90. The minimum absolute atomic E-state index is 0.360. The fraction of sp³-hybridized carbons (Fsp3) is 0.118. The van der Waals surface area contributed by atoms with Crippen LogP contribution in [0.4, 0.5) is 5.69 Å². The van der Waals surface area contributed by atoms with Crippen molar-refractivity contribution in [3.05, 3.63) is 120 Å². The number of hydrogen-bond donors (Lipinski definition) is 0. The largest absolute Gasteiger partial charge is 0.435 e. The number of anilines is 1. The van der Waals surface area contributed by atoms with E-state index in [0.29, 0.717) is 17.0 Å². The molecule has 5 nitrogen and oxygen atoms in total. The van der Waals surface area contributed by atoms with Gasteiger partial charge in [-0.05, 0) is 49.7 Å². The van der Waals surface area contributed by atoms with Crippen LogP contribution in [0.3, 0.4) is 0 Å². The van der Waals surface area contributed by atoms with Crippen molar-refractivity contribution in [2.45, 2.75) is 13.8 Å². The summed E-state index contributed by atoms with van der Waals surface area (Å²) in [5, 5.41) is 0.886. The molecule has 0 saturated heterocycles. The van der Waals surface area contributed by atoms with E-state index >= 15 is 0 Å². The second-order valence-electron chi connectivity index (χ2n) is 9.35. The summed E-state index contributed by atoms with van der Waals surface area (Å²) in [5.41, 5.74) is 6.14. The van der Waals surface area contributed by atoms with E-state index in [4.69, 9.17) is 13.8 Å². The summed E-state index contributed by atoms with van der Waals surface area (Å²) in [6, 6.07) is 35.6. The zero-order valence-corrected chi connectivity index (χ0v) is 21.9. The number of hydrogen-bond acceptors (Lipinski definition) is 5. The lowest BCUT2D eigenvalue weighted by Gasteiger charge is -2.21. The molecule has 0 saturated carbocycles. The number of aromatic nitrogens is 1. The third kappa shape index (κ3) is 4.75. The molecule has 0 atom stereocenters. The number of oxazole rings is 1. The molecule has 2 heterocycles. The van der Waals surface area contributed by atoms with Gasteiger partial charge in [-0.2, -0.15) is 0 Å². The van der Waals surface area contributed by atoms with E-state index in [1.165, 1.54) is 0 Å². The summed E-state index contributed by atoms with van der Waals surface area (Å²) in [6.45, 7) is 6.00. The van der Waals surface area contributed by atoms with Crippen LogP contribution in [0.1, 0.15) is 13.8 Å². The van der Waals surface area contributed by atoms with Crippen molar-refractivity contribution in [3.63, 3.8) is 0 Å². The van der Waals surface area contributed by atoms with Crippen molar-refractivity contribution in [1.29, 1.82) is 0 Å². The monoisotopic (exact) mass is 512 g/mol. The highest BCUT2D eigenvalue weighted by Gasteiger charge is 2.18. The van der Waals surface area contributed by atoms with Gasteiger partial charge in [-0.3, -0.25) is 0 Å². The normalized spacial score (nSPS) is 11.1. The van der Waals surface area contributed by atoms with Gasteiger partial charge in [0.05, 0.1) is 5.56 Å². The quantitative estimate of drug-likeness (QED) is 0.201. The topological polar surface area (TPSA) is 59.5 Å². The molecule has 0 fully saturated rings. The number of nitrogens with zero attached hydrogens (tertiary/aromatic N) is 2. The van der Waals surface area contributed by atoms with Gasteiger partial charge in [0.25, 0.3) is 0 Å². The first kappa shape index (κ1) is 24.4. The standard InChI is InChI=1S/C34H28N2O3/c1-3-36(4-2)28-20-19-27-21-29(34(37)38-30(27)22-28)23-15-17-26(18-16-23)33-35-31(24-11-7-5-8-12-24)32(39-33)25-13-9-6-10-14-25/h5-22H,3-4H2,1-2H3. The molecule has 2 aromatic heterocycles. The van der Waals surface area contributed by atoms with Gasteiger partial charge in [0, 0.05) is 46.9 Å². The lowest BCUT2D eigenvalue weighted by Crippen LogP contribution is -2.21. The average molecular weight is 513 g/mol. The first-order valence-corrected chi connectivity index (χ1v) is 13.2. The first-order valence-electron chi connectivity index (χ1n) is 13.2. The van der Waals surface area contributed by atoms with Gasteiger partial charge in [0.15, 0.2) is 5.76 Å². The number of fused-ring (bicyclic) bond motifs is 1. The smallest absolute Gasteiger partial charge is 0.344 e. The summed E-state index contributed by atoms with van der Waals surface area (Å²) in [7, 11) is 0. The van der Waals surface area contributed by atoms with Crippen molar-refractivity contribution < 1.29 is 8.83 Å². The molecule has 5 heteroatoms. The number of benzene rings is 4. The average Bonchev–Trinajstić information content (AvgIpc) is 3.44. The van der Waals surface area contributed by atoms with Crippen LogP contribution >= 0.6 is 0 Å². The molecule has 0 N–H and O–H groups in total. The van der Waals surface area contributed by atoms with Crippen molar-refractivity contribution in [2.24, 2.45) is 0 Å². The third-order valence-electron chi connectivity index (χ3n) is 7.00. The maximum atomic E-state index is 13.0. The summed E-state index contributed by atoms with van der Waals surface area (Å²) in [5.74, 6) is 1.24. The Morgan fingerprint density at radius 3 is 1.97 bits per heavy atom. The summed E-state index contributed by atoms with van der Waals surface area (Å²) in [6.07, 6.45) is 0. The van der Waals surface area contributed by atoms with Crippen molar-refractivity contribution in [2.75, 3.05) is 18.0 Å². The van der Waals surface area contributed by atoms with E-state index < -0.39 is 0 Å². The summed E-state index contributed by atoms with van der Waals surface area (Å²) >= 11 is 0. The second-order valence-corrected chi connectivity index (χ2v) is 9.35. The number of rotatable bonds is 7. The van der Waals surface area contributed by atoms with Gasteiger partial charge >= 0.3 is 5.63 Å². The van der Waals surface area contributed by atoms with Crippen LogP contribution in [0.5, 0.6) is 0 Å². The van der Waals surface area contributed by atoms with Crippen LogP contribution in [0, 0.1) is 0 Å². The molecule has 4 aromatic carbocycles. The Labute approximate surface area is 227 Å². The van der Waals surface area contributed by atoms with Gasteiger partial charge < -0.3 is 13.7 Å². The molecule has 0 unspecified atom stereocenters. The predicted molar refractivity (Wildman–Crippen MR) is 158 cm³/mol. The van der Waals surface area contributed by atoms with Crippen LogP contribution in [-0.4, -0.2) is 18.1 Å². The van der Waals surface area contributed by atoms with Crippen molar-refractivity contribution in [3.8, 4) is 45.2 Å². The Kier molecular flexibility index (Phi) is 6.55. The van der Waals surface area contributed by atoms with Gasteiger partial charge in [-0.15, -0.1) is 0 Å². The predicted octanol–water partition coefficient (Wildman–Crippen LogP) is 8.30. The molecule has 0 aliphatic rings. The van der Waals surface area contributed by atoms with Crippen LogP contribution < -0.4 is 10.5 Å². The summed E-state index contributed by atoms with van der Waals surface area (Å²) in [4.78, 5) is 20.1. The third-order valence-corrected chi connectivity index (χ3v) is 7.00. The van der Waals surface area contributed by atoms with E-state index in [2.05, 4.69) is 24.8 Å².